The maximum atomic E-state index is 13.0. The van der Waals surface area contributed by atoms with Gasteiger partial charge in [0.1, 0.15) is 11.6 Å². The second-order valence-corrected chi connectivity index (χ2v) is 4.55. The lowest BCUT2D eigenvalue weighted by Crippen LogP contribution is -1.97. The Hall–Kier alpha value is -1.98. The monoisotopic (exact) mass is 294 g/mol. The summed E-state index contributed by atoms with van der Waals surface area (Å²) in [5.41, 5.74) is 1.69. The van der Waals surface area contributed by atoms with Gasteiger partial charge in [0.2, 0.25) is 0 Å². The van der Waals surface area contributed by atoms with Gasteiger partial charge in [-0.1, -0.05) is 11.6 Å². The van der Waals surface area contributed by atoms with E-state index in [9.17, 15) is 14.6 Å². The number of hydrogen-bond acceptors (Lipinski definition) is 4. The summed E-state index contributed by atoms with van der Waals surface area (Å²) in [5.74, 6) is -0.572. The van der Waals surface area contributed by atoms with E-state index in [1.54, 1.807) is 6.92 Å². The van der Waals surface area contributed by atoms with Crippen LogP contribution < -0.4 is 0 Å². The third-order valence-electron chi connectivity index (χ3n) is 2.77. The molecule has 0 atom stereocenters. The van der Waals surface area contributed by atoms with Crippen LogP contribution in [0, 0.1) is 12.7 Å². The first kappa shape index (κ1) is 14.4. The highest BCUT2D eigenvalue weighted by molar-refractivity contribution is 6.31. The van der Waals surface area contributed by atoms with E-state index in [-0.39, 0.29) is 17.4 Å². The van der Waals surface area contributed by atoms with Crippen molar-refractivity contribution in [3.8, 4) is 5.75 Å². The molecule has 0 saturated heterocycles. The molecule has 0 fully saturated rings. The zero-order chi connectivity index (χ0) is 14.7. The van der Waals surface area contributed by atoms with E-state index < -0.39 is 5.82 Å². The van der Waals surface area contributed by atoms with Gasteiger partial charge in [-0.2, -0.15) is 0 Å². The molecule has 6 heteroatoms. The molecular formula is C14H12ClFN2O2. The van der Waals surface area contributed by atoms with E-state index in [2.05, 4.69) is 9.98 Å². The lowest BCUT2D eigenvalue weighted by molar-refractivity contribution is 0.280. The SMILES string of the molecule is Cc1ncc(CO)c(C=Nc2ccc(F)c(Cl)c2)c1O. The average Bonchev–Trinajstić information content (AvgIpc) is 2.44. The Balaban J connectivity index is 2.40. The minimum atomic E-state index is -0.524. The molecule has 20 heavy (non-hydrogen) atoms. The van der Waals surface area contributed by atoms with Crippen LogP contribution >= 0.6 is 11.6 Å². The minimum Gasteiger partial charge on any atom is -0.505 e. The molecule has 0 aliphatic heterocycles. The van der Waals surface area contributed by atoms with Crippen LogP contribution in [0.3, 0.4) is 0 Å². The third-order valence-corrected chi connectivity index (χ3v) is 3.06. The lowest BCUT2D eigenvalue weighted by atomic mass is 10.1. The third kappa shape index (κ3) is 2.95. The molecule has 1 aromatic carbocycles. The standard InChI is InChI=1S/C14H12ClFN2O2/c1-8-14(20)11(9(7-19)5-17-8)6-18-10-2-3-13(16)12(15)4-10/h2-6,19-20H,7H2,1H3. The molecule has 0 aliphatic carbocycles. The van der Waals surface area contributed by atoms with Gasteiger partial charge in [0.15, 0.2) is 0 Å². The molecule has 1 aromatic heterocycles. The van der Waals surface area contributed by atoms with E-state index in [0.29, 0.717) is 22.5 Å². The van der Waals surface area contributed by atoms with Gasteiger partial charge in [-0.05, 0) is 25.1 Å². The fourth-order valence-corrected chi connectivity index (χ4v) is 1.80. The Bertz CT molecular complexity index is 674. The molecule has 0 aliphatic rings. The number of hydrogen-bond donors (Lipinski definition) is 2. The number of rotatable bonds is 3. The Morgan fingerprint density at radius 1 is 1.45 bits per heavy atom. The Kier molecular flexibility index (Phi) is 4.32. The van der Waals surface area contributed by atoms with Crippen LogP contribution in [-0.4, -0.2) is 21.4 Å². The first-order valence-electron chi connectivity index (χ1n) is 5.80. The molecule has 0 radical (unpaired) electrons. The predicted molar refractivity (Wildman–Crippen MR) is 75.2 cm³/mol. The summed E-state index contributed by atoms with van der Waals surface area (Å²) >= 11 is 5.66. The van der Waals surface area contributed by atoms with Gasteiger partial charge in [-0.25, -0.2) is 4.39 Å². The van der Waals surface area contributed by atoms with Gasteiger partial charge in [-0.3, -0.25) is 9.98 Å². The van der Waals surface area contributed by atoms with Gasteiger partial charge in [0.05, 0.1) is 23.0 Å². The highest BCUT2D eigenvalue weighted by atomic mass is 35.5. The number of aliphatic hydroxyl groups excluding tert-OH is 1. The van der Waals surface area contributed by atoms with Crippen LogP contribution in [0.2, 0.25) is 5.02 Å². The number of pyridine rings is 1. The van der Waals surface area contributed by atoms with Crippen molar-refractivity contribution < 1.29 is 14.6 Å². The first-order valence-corrected chi connectivity index (χ1v) is 6.18. The number of aromatic nitrogens is 1. The largest absolute Gasteiger partial charge is 0.505 e. The zero-order valence-corrected chi connectivity index (χ0v) is 11.4. The fourth-order valence-electron chi connectivity index (χ4n) is 1.63. The summed E-state index contributed by atoms with van der Waals surface area (Å²) in [6, 6.07) is 4.04. The molecule has 1 heterocycles. The van der Waals surface area contributed by atoms with Crippen molar-refractivity contribution in [3.05, 3.63) is 52.1 Å². The summed E-state index contributed by atoms with van der Waals surface area (Å²) in [4.78, 5) is 8.06. The molecule has 0 saturated carbocycles. The molecular weight excluding hydrogens is 283 g/mol. The van der Waals surface area contributed by atoms with Crippen LogP contribution in [-0.2, 0) is 6.61 Å². The summed E-state index contributed by atoms with van der Waals surface area (Å²) in [7, 11) is 0. The first-order chi connectivity index (χ1) is 9.52. The average molecular weight is 295 g/mol. The van der Waals surface area contributed by atoms with Crippen molar-refractivity contribution in [3.63, 3.8) is 0 Å². The maximum Gasteiger partial charge on any atom is 0.145 e. The van der Waals surface area contributed by atoms with Crippen molar-refractivity contribution in [1.82, 2.24) is 4.98 Å². The summed E-state index contributed by atoms with van der Waals surface area (Å²) in [6.07, 6.45) is 2.85. The van der Waals surface area contributed by atoms with Crippen molar-refractivity contribution in [1.29, 1.82) is 0 Å². The normalized spacial score (nSPS) is 11.2. The Labute approximate surface area is 120 Å². The van der Waals surface area contributed by atoms with E-state index in [1.165, 1.54) is 30.6 Å². The number of aliphatic imine (C=N–C) groups is 1. The van der Waals surface area contributed by atoms with Gasteiger partial charge in [-0.15, -0.1) is 0 Å². The van der Waals surface area contributed by atoms with E-state index in [0.717, 1.165) is 0 Å². The van der Waals surface area contributed by atoms with Crippen molar-refractivity contribution in [2.75, 3.05) is 0 Å². The molecule has 2 aromatic rings. The number of aryl methyl sites for hydroxylation is 1. The van der Waals surface area contributed by atoms with Gasteiger partial charge in [0, 0.05) is 23.5 Å². The minimum absolute atomic E-state index is 0.0304. The topological polar surface area (TPSA) is 65.7 Å². The smallest absolute Gasteiger partial charge is 0.145 e. The van der Waals surface area contributed by atoms with Crippen molar-refractivity contribution >= 4 is 23.5 Å². The molecule has 0 amide bonds. The van der Waals surface area contributed by atoms with Crippen molar-refractivity contribution in [2.24, 2.45) is 4.99 Å². The number of aromatic hydroxyl groups is 1. The second-order valence-electron chi connectivity index (χ2n) is 4.15. The highest BCUT2D eigenvalue weighted by Gasteiger charge is 2.09. The summed E-state index contributed by atoms with van der Waals surface area (Å²) in [5, 5.41) is 19.1. The van der Waals surface area contributed by atoms with E-state index in [1.807, 2.05) is 0 Å². The Morgan fingerprint density at radius 2 is 2.20 bits per heavy atom. The molecule has 104 valence electrons. The molecule has 2 rings (SSSR count). The van der Waals surface area contributed by atoms with Crippen LogP contribution in [0.15, 0.2) is 29.4 Å². The highest BCUT2D eigenvalue weighted by Crippen LogP contribution is 2.25. The zero-order valence-electron chi connectivity index (χ0n) is 10.6. The molecule has 0 spiro atoms. The number of halogens is 2. The number of aliphatic hydroxyl groups is 1. The Morgan fingerprint density at radius 3 is 2.85 bits per heavy atom. The quantitative estimate of drug-likeness (QED) is 0.855. The number of nitrogens with zero attached hydrogens (tertiary/aromatic N) is 2. The molecule has 4 nitrogen and oxygen atoms in total. The molecule has 0 unspecified atom stereocenters. The lowest BCUT2D eigenvalue weighted by Gasteiger charge is -2.07. The molecule has 2 N–H and O–H groups in total. The van der Waals surface area contributed by atoms with Crippen LogP contribution in [0.4, 0.5) is 10.1 Å². The summed E-state index contributed by atoms with van der Waals surface area (Å²) < 4.78 is 13.0. The van der Waals surface area contributed by atoms with Crippen LogP contribution in [0.25, 0.3) is 0 Å². The maximum absolute atomic E-state index is 13.0. The van der Waals surface area contributed by atoms with Crippen LogP contribution in [0.5, 0.6) is 5.75 Å². The fraction of sp³-hybridized carbons (Fsp3) is 0.143. The summed E-state index contributed by atoms with van der Waals surface area (Å²) in [6.45, 7) is 1.37. The van der Waals surface area contributed by atoms with Crippen molar-refractivity contribution in [2.45, 2.75) is 13.5 Å². The van der Waals surface area contributed by atoms with E-state index in [4.69, 9.17) is 11.6 Å². The van der Waals surface area contributed by atoms with E-state index >= 15 is 0 Å². The second kappa shape index (κ2) is 5.98. The number of benzene rings is 1. The molecule has 0 bridgehead atoms. The van der Waals surface area contributed by atoms with Gasteiger partial charge < -0.3 is 10.2 Å². The van der Waals surface area contributed by atoms with Gasteiger partial charge in [0.25, 0.3) is 0 Å². The predicted octanol–water partition coefficient (Wildman–Crippen LogP) is 3.13. The van der Waals surface area contributed by atoms with Crippen LogP contribution in [0.1, 0.15) is 16.8 Å². The van der Waals surface area contributed by atoms with Gasteiger partial charge >= 0.3 is 0 Å².